The summed E-state index contributed by atoms with van der Waals surface area (Å²) in [7, 11) is 0. The van der Waals surface area contributed by atoms with Crippen molar-refractivity contribution in [2.75, 3.05) is 0 Å². The molecule has 0 aromatic carbocycles. The van der Waals surface area contributed by atoms with E-state index in [0.717, 1.165) is 22.4 Å². The minimum Gasteiger partial charge on any atom is -0.351 e. The summed E-state index contributed by atoms with van der Waals surface area (Å²) in [5, 5.41) is 0. The van der Waals surface area contributed by atoms with E-state index >= 15 is 0 Å². The maximum atomic E-state index is 4.46. The Hall–Kier alpha value is -1.76. The third kappa shape index (κ3) is 5.13. The third-order valence-electron chi connectivity index (χ3n) is 3.12. The van der Waals surface area contributed by atoms with Crippen molar-refractivity contribution in [3.05, 3.63) is 86.1 Å². The van der Waals surface area contributed by atoms with Crippen molar-refractivity contribution in [3.63, 3.8) is 0 Å². The smallest absolute Gasteiger partial charge is 0.0919 e. The van der Waals surface area contributed by atoms with Crippen molar-refractivity contribution in [2.24, 2.45) is 0 Å². The van der Waals surface area contributed by atoms with Gasteiger partial charge in [0.15, 0.2) is 0 Å². The number of aromatic nitrogens is 5. The second kappa shape index (κ2) is 10.2. The first kappa shape index (κ1) is 18.6. The number of H-pyrrole nitrogens is 1. The second-order valence-corrected chi connectivity index (χ2v) is 4.64. The molecule has 4 rings (SSSR count). The number of pyridine rings is 3. The van der Waals surface area contributed by atoms with Crippen molar-refractivity contribution < 1.29 is 49.4 Å². The number of nitrogens with zero attached hydrogens (tertiary/aromatic N) is 4. The Bertz CT molecular complexity index is 745. The third-order valence-corrected chi connectivity index (χ3v) is 3.12. The molecule has 119 valence electrons. The molecular weight excluding hydrogens is 438 g/mol. The average molecular weight is 453 g/mol. The molecule has 4 heterocycles. The molecule has 4 aromatic heterocycles. The zero-order valence-corrected chi connectivity index (χ0v) is 15.2. The summed E-state index contributed by atoms with van der Waals surface area (Å²) in [6, 6.07) is 11.9. The fourth-order valence-corrected chi connectivity index (χ4v) is 2.11. The van der Waals surface area contributed by atoms with Gasteiger partial charge in [-0.1, -0.05) is 12.1 Å². The van der Waals surface area contributed by atoms with Gasteiger partial charge in [-0.05, 0) is 24.3 Å². The summed E-state index contributed by atoms with van der Waals surface area (Å²) in [6.07, 6.45) is 14.1. The molecule has 4 aromatic rings. The van der Waals surface area contributed by atoms with Gasteiger partial charge in [0.1, 0.15) is 0 Å². The summed E-state index contributed by atoms with van der Waals surface area (Å²) in [5.74, 6) is 0. The van der Waals surface area contributed by atoms with Crippen LogP contribution in [-0.2, 0) is 0 Å². The van der Waals surface area contributed by atoms with Gasteiger partial charge in [-0.25, -0.2) is 4.98 Å². The van der Waals surface area contributed by atoms with Crippen LogP contribution in [0.1, 0.15) is 0 Å². The van der Waals surface area contributed by atoms with E-state index in [2.05, 4.69) is 24.9 Å². The Morgan fingerprint density at radius 1 is 0.708 bits per heavy atom. The molecule has 0 unspecified atom stereocenters. The normalized spacial score (nSPS) is 9.33. The zero-order valence-electron chi connectivity index (χ0n) is 12.7. The molecule has 5 nitrogen and oxygen atoms in total. The molecule has 0 saturated carbocycles. The topological polar surface area (TPSA) is 67.3 Å². The van der Waals surface area contributed by atoms with Crippen LogP contribution >= 0.6 is 0 Å². The fourth-order valence-electron chi connectivity index (χ4n) is 2.11. The van der Waals surface area contributed by atoms with E-state index in [0.29, 0.717) is 0 Å². The van der Waals surface area contributed by atoms with E-state index in [1.54, 1.807) is 37.3 Å². The van der Waals surface area contributed by atoms with Crippen LogP contribution in [0.4, 0.5) is 0 Å². The Morgan fingerprint density at radius 3 is 1.96 bits per heavy atom. The molecule has 6 heteroatoms. The minimum atomic E-state index is 0. The molecule has 0 amide bonds. The summed E-state index contributed by atoms with van der Waals surface area (Å²) in [6.45, 7) is 0. The number of hydrogen-bond donors (Lipinski definition) is 1. The van der Waals surface area contributed by atoms with Gasteiger partial charge in [0, 0.05) is 109 Å². The first-order valence-corrected chi connectivity index (χ1v) is 7.14. The molecule has 0 fully saturated rings. The van der Waals surface area contributed by atoms with Crippen molar-refractivity contribution in [2.45, 2.75) is 0 Å². The van der Waals surface area contributed by atoms with Gasteiger partial charge in [0.2, 0.25) is 0 Å². The van der Waals surface area contributed by atoms with Gasteiger partial charge < -0.3 is 4.98 Å². The molecule has 0 aliphatic heterocycles. The quantitative estimate of drug-likeness (QED) is 0.504. The number of imidazole rings is 1. The second-order valence-electron chi connectivity index (χ2n) is 4.64. The average Bonchev–Trinajstić information content (AvgIpc) is 3.23. The molecule has 0 spiro atoms. The molecule has 24 heavy (non-hydrogen) atoms. The Balaban J connectivity index is 0.000000300. The SMILES string of the molecule is [Eu].c1c[nH]cn1.c1cncc(-c2cccnc2-c2cccnc2)c1. The van der Waals surface area contributed by atoms with Crippen LogP contribution in [-0.4, -0.2) is 24.9 Å². The van der Waals surface area contributed by atoms with Crippen LogP contribution in [0.3, 0.4) is 0 Å². The summed E-state index contributed by atoms with van der Waals surface area (Å²) in [5.41, 5.74) is 4.07. The monoisotopic (exact) mass is 454 g/mol. The number of rotatable bonds is 2. The molecule has 0 aliphatic carbocycles. The molecule has 0 aliphatic rings. The summed E-state index contributed by atoms with van der Waals surface area (Å²) in [4.78, 5) is 19.2. The molecular formula is C18H15EuN5. The van der Waals surface area contributed by atoms with Crippen molar-refractivity contribution in [1.82, 2.24) is 24.9 Å². The Labute approximate surface area is 181 Å². The van der Waals surface area contributed by atoms with Crippen LogP contribution < -0.4 is 0 Å². The minimum absolute atomic E-state index is 0. The van der Waals surface area contributed by atoms with Gasteiger partial charge in [0.05, 0.1) is 12.0 Å². The molecule has 0 bridgehead atoms. The van der Waals surface area contributed by atoms with Gasteiger partial charge in [-0.15, -0.1) is 0 Å². The van der Waals surface area contributed by atoms with Gasteiger partial charge in [-0.2, -0.15) is 0 Å². The van der Waals surface area contributed by atoms with E-state index < -0.39 is 0 Å². The number of hydrogen-bond acceptors (Lipinski definition) is 4. The van der Waals surface area contributed by atoms with E-state index in [9.17, 15) is 0 Å². The molecule has 0 atom stereocenters. The Morgan fingerprint density at radius 2 is 1.42 bits per heavy atom. The Kier molecular flexibility index (Phi) is 7.88. The molecule has 1 N–H and O–H groups in total. The predicted molar refractivity (Wildman–Crippen MR) is 89.3 cm³/mol. The standard InChI is InChI=1S/C15H11N3.C3H4N2.Eu/c1-4-12(10-16-7-1)14-6-3-9-18-15(14)13-5-2-8-17-11-13;1-2-5-3-4-1;/h1-11H;1-3H,(H,4,5);. The van der Waals surface area contributed by atoms with Crippen molar-refractivity contribution in [3.8, 4) is 22.4 Å². The summed E-state index contributed by atoms with van der Waals surface area (Å²) < 4.78 is 0. The number of aromatic amines is 1. The largest absolute Gasteiger partial charge is 0.351 e. The first-order valence-electron chi connectivity index (χ1n) is 7.14. The van der Waals surface area contributed by atoms with Crippen molar-refractivity contribution >= 4 is 0 Å². The first-order chi connectivity index (χ1) is 11.4. The maximum absolute atomic E-state index is 4.46. The van der Waals surface area contributed by atoms with E-state index in [-0.39, 0.29) is 49.4 Å². The zero-order chi connectivity index (χ0) is 15.7. The van der Waals surface area contributed by atoms with Crippen LogP contribution in [0.5, 0.6) is 0 Å². The predicted octanol–water partition coefficient (Wildman–Crippen LogP) is 3.62. The van der Waals surface area contributed by atoms with Crippen LogP contribution in [0.25, 0.3) is 22.4 Å². The van der Waals surface area contributed by atoms with Crippen LogP contribution in [0, 0.1) is 49.4 Å². The van der Waals surface area contributed by atoms with Crippen LogP contribution in [0.2, 0.25) is 0 Å². The van der Waals surface area contributed by atoms with Crippen molar-refractivity contribution in [1.29, 1.82) is 0 Å². The fraction of sp³-hybridized carbons (Fsp3) is 0. The molecule has 0 saturated heterocycles. The van der Waals surface area contributed by atoms with Crippen LogP contribution in [0.15, 0.2) is 86.1 Å². The van der Waals surface area contributed by atoms with Gasteiger partial charge >= 0.3 is 0 Å². The number of nitrogens with one attached hydrogen (secondary N) is 1. The van der Waals surface area contributed by atoms with E-state index in [1.807, 2.05) is 48.8 Å². The molecule has 1 radical (unpaired) electrons. The van der Waals surface area contributed by atoms with Gasteiger partial charge in [0.25, 0.3) is 0 Å². The summed E-state index contributed by atoms with van der Waals surface area (Å²) >= 11 is 0. The van der Waals surface area contributed by atoms with E-state index in [4.69, 9.17) is 0 Å². The van der Waals surface area contributed by atoms with Gasteiger partial charge in [-0.3, -0.25) is 15.0 Å². The maximum Gasteiger partial charge on any atom is 0.0919 e. The van der Waals surface area contributed by atoms with E-state index in [1.165, 1.54) is 0 Å².